The van der Waals surface area contributed by atoms with Crippen LogP contribution in [0.5, 0.6) is 28.7 Å². The van der Waals surface area contributed by atoms with Crippen molar-refractivity contribution in [2.45, 2.75) is 25.3 Å². The standard InChI is InChI=1S/C37H33N3O6S/c1-44-32-13-8-25-20-33(32)45-17-5-15-38-36(42)29-21-27(10-12-31(29)41)46-26-9-11-28-24(19-26)14-16-40(35(25)28)37(43)30-22-47-34(39-30)18-23-6-3-2-4-7-23/h2-4,6-13,19-22,35,41H,5,14-18H2,1H3,(H,38,42). The summed E-state index contributed by atoms with van der Waals surface area (Å²) in [6.45, 7) is 1.11. The van der Waals surface area contributed by atoms with Crippen molar-refractivity contribution >= 4 is 23.2 Å². The van der Waals surface area contributed by atoms with Crippen LogP contribution in [0.15, 0.2) is 90.3 Å². The SMILES string of the molecule is COc1ccc2cc1OCCCNC(=O)c1cc(ccc1O)Oc1ccc3c(c1)CCN(C(=O)c1csc(Cc4ccccc4)n1)C23. The van der Waals surface area contributed by atoms with Crippen LogP contribution in [0.2, 0.25) is 0 Å². The predicted octanol–water partition coefficient (Wildman–Crippen LogP) is 6.54. The van der Waals surface area contributed by atoms with Gasteiger partial charge < -0.3 is 29.5 Å². The van der Waals surface area contributed by atoms with Gasteiger partial charge in [-0.3, -0.25) is 9.59 Å². The third kappa shape index (κ3) is 6.37. The summed E-state index contributed by atoms with van der Waals surface area (Å²) >= 11 is 1.49. The van der Waals surface area contributed by atoms with Crippen molar-refractivity contribution in [3.8, 4) is 28.7 Å². The molecule has 238 valence electrons. The van der Waals surface area contributed by atoms with E-state index in [1.54, 1.807) is 13.2 Å². The minimum atomic E-state index is -0.411. The van der Waals surface area contributed by atoms with Crippen molar-refractivity contribution in [3.05, 3.63) is 129 Å². The Morgan fingerprint density at radius 1 is 1.06 bits per heavy atom. The summed E-state index contributed by atoms with van der Waals surface area (Å²) in [5.41, 5.74) is 4.59. The van der Waals surface area contributed by atoms with Gasteiger partial charge in [0.15, 0.2) is 11.5 Å². The van der Waals surface area contributed by atoms with Crippen LogP contribution < -0.4 is 19.5 Å². The zero-order chi connectivity index (χ0) is 32.3. The molecule has 4 heterocycles. The summed E-state index contributed by atoms with van der Waals surface area (Å²) in [7, 11) is 1.59. The van der Waals surface area contributed by atoms with Crippen molar-refractivity contribution in [1.82, 2.24) is 15.2 Å². The van der Waals surface area contributed by atoms with E-state index in [2.05, 4.69) is 17.4 Å². The second kappa shape index (κ2) is 13.2. The molecule has 2 N–H and O–H groups in total. The van der Waals surface area contributed by atoms with Gasteiger partial charge >= 0.3 is 0 Å². The average molecular weight is 648 g/mol. The number of phenols is 1. The van der Waals surface area contributed by atoms with Crippen LogP contribution in [-0.4, -0.2) is 53.6 Å². The van der Waals surface area contributed by atoms with Crippen molar-refractivity contribution in [2.75, 3.05) is 26.8 Å². The molecule has 0 aliphatic carbocycles. The molecule has 0 saturated carbocycles. The molecular formula is C37H33N3O6S. The molecule has 8 rings (SSSR count). The van der Waals surface area contributed by atoms with Gasteiger partial charge in [0.05, 0.1) is 30.3 Å². The number of nitrogens with zero attached hydrogens (tertiary/aromatic N) is 2. The largest absolute Gasteiger partial charge is 0.507 e. The molecule has 3 aliphatic rings. The monoisotopic (exact) mass is 647 g/mol. The van der Waals surface area contributed by atoms with Crippen molar-refractivity contribution in [2.24, 2.45) is 0 Å². The van der Waals surface area contributed by atoms with Gasteiger partial charge in [-0.1, -0.05) is 42.5 Å². The fourth-order valence-electron chi connectivity index (χ4n) is 6.08. The minimum Gasteiger partial charge on any atom is -0.507 e. The van der Waals surface area contributed by atoms with Crippen LogP contribution in [-0.2, 0) is 12.8 Å². The molecule has 47 heavy (non-hydrogen) atoms. The summed E-state index contributed by atoms with van der Waals surface area (Å²) in [4.78, 5) is 33.7. The Bertz CT molecular complexity index is 1940. The quantitative estimate of drug-likeness (QED) is 0.228. The van der Waals surface area contributed by atoms with Crippen molar-refractivity contribution < 1.29 is 28.9 Å². The number of aromatic nitrogens is 1. The normalized spacial score (nSPS) is 15.9. The number of amides is 2. The molecule has 1 aromatic heterocycles. The molecule has 2 amide bonds. The number of fused-ring (bicyclic) bond motifs is 6. The lowest BCUT2D eigenvalue weighted by molar-refractivity contribution is 0.0688. The Morgan fingerprint density at radius 2 is 1.89 bits per heavy atom. The highest BCUT2D eigenvalue weighted by Crippen LogP contribution is 2.41. The molecule has 0 spiro atoms. The number of hydrogen-bond donors (Lipinski definition) is 2. The van der Waals surface area contributed by atoms with Gasteiger partial charge in [-0.15, -0.1) is 11.3 Å². The number of carbonyl (C=O) groups is 2. The van der Waals surface area contributed by atoms with Crippen molar-refractivity contribution in [1.29, 1.82) is 0 Å². The van der Waals surface area contributed by atoms with Crippen molar-refractivity contribution in [3.63, 3.8) is 0 Å². The first-order chi connectivity index (χ1) is 23.0. The van der Waals surface area contributed by atoms with E-state index >= 15 is 0 Å². The molecular weight excluding hydrogens is 614 g/mol. The topological polar surface area (TPSA) is 110 Å². The molecule has 1 unspecified atom stereocenters. The maximum atomic E-state index is 14.2. The summed E-state index contributed by atoms with van der Waals surface area (Å²) in [5.74, 6) is 1.45. The highest BCUT2D eigenvalue weighted by molar-refractivity contribution is 7.09. The first-order valence-corrected chi connectivity index (χ1v) is 16.4. The number of aromatic hydroxyl groups is 1. The highest BCUT2D eigenvalue weighted by atomic mass is 32.1. The Morgan fingerprint density at radius 3 is 2.74 bits per heavy atom. The lowest BCUT2D eigenvalue weighted by Gasteiger charge is -2.38. The number of thiazole rings is 1. The van der Waals surface area contributed by atoms with Gasteiger partial charge in [0, 0.05) is 24.9 Å². The van der Waals surface area contributed by atoms with Gasteiger partial charge in [-0.05, 0) is 77.6 Å². The van der Waals surface area contributed by atoms with Gasteiger partial charge in [-0.25, -0.2) is 4.98 Å². The zero-order valence-corrected chi connectivity index (χ0v) is 26.6. The average Bonchev–Trinajstić information content (AvgIpc) is 3.56. The third-order valence-electron chi connectivity index (χ3n) is 8.39. The van der Waals surface area contributed by atoms with E-state index in [0.29, 0.717) is 67.7 Å². The van der Waals surface area contributed by atoms with E-state index in [9.17, 15) is 14.7 Å². The molecule has 3 aliphatic heterocycles. The maximum absolute atomic E-state index is 14.2. The van der Waals surface area contributed by atoms with Gasteiger partial charge in [-0.2, -0.15) is 0 Å². The molecule has 9 nitrogen and oxygen atoms in total. The molecule has 8 bridgehead atoms. The number of carbonyl (C=O) groups excluding carboxylic acids is 2. The Kier molecular flexibility index (Phi) is 8.50. The second-order valence-electron chi connectivity index (χ2n) is 11.4. The van der Waals surface area contributed by atoms with Crippen LogP contribution in [0.4, 0.5) is 0 Å². The zero-order valence-electron chi connectivity index (χ0n) is 25.8. The molecule has 0 saturated heterocycles. The first-order valence-electron chi connectivity index (χ1n) is 15.5. The Balaban J connectivity index is 1.27. The van der Waals surface area contributed by atoms with Gasteiger partial charge in [0.25, 0.3) is 11.8 Å². The summed E-state index contributed by atoms with van der Waals surface area (Å²) in [6, 6.07) is 25.9. The predicted molar refractivity (Wildman–Crippen MR) is 178 cm³/mol. The fourth-order valence-corrected chi connectivity index (χ4v) is 6.88. The Hall–Kier alpha value is -5.35. The minimum absolute atomic E-state index is 0.125. The first kappa shape index (κ1) is 30.3. The summed E-state index contributed by atoms with van der Waals surface area (Å²) in [6.07, 6.45) is 1.79. The van der Waals surface area contributed by atoms with Crippen LogP contribution >= 0.6 is 11.3 Å². The maximum Gasteiger partial charge on any atom is 0.274 e. The van der Waals surface area contributed by atoms with Crippen LogP contribution in [0.3, 0.4) is 0 Å². The lowest BCUT2D eigenvalue weighted by Crippen LogP contribution is -2.40. The number of hydrogen-bond acceptors (Lipinski definition) is 8. The van der Waals surface area contributed by atoms with Gasteiger partial charge in [0.2, 0.25) is 0 Å². The number of rotatable bonds is 4. The fraction of sp³-hybridized carbons (Fsp3) is 0.216. The molecule has 4 aromatic carbocycles. The second-order valence-corrected chi connectivity index (χ2v) is 12.4. The molecule has 0 radical (unpaired) electrons. The summed E-state index contributed by atoms with van der Waals surface area (Å²) in [5, 5.41) is 15.9. The van der Waals surface area contributed by atoms with Crippen LogP contribution in [0, 0.1) is 0 Å². The van der Waals surface area contributed by atoms with E-state index in [4.69, 9.17) is 19.2 Å². The number of ether oxygens (including phenoxy) is 3. The molecule has 0 fully saturated rings. The Labute approximate surface area is 276 Å². The lowest BCUT2D eigenvalue weighted by atomic mass is 9.87. The van der Waals surface area contributed by atoms with Gasteiger partial charge in [0.1, 0.15) is 22.9 Å². The number of benzene rings is 4. The van der Waals surface area contributed by atoms with Crippen LogP contribution in [0.25, 0.3) is 0 Å². The molecule has 5 aromatic rings. The van der Waals surface area contributed by atoms with Crippen LogP contribution in [0.1, 0.15) is 60.6 Å². The number of methoxy groups -OCH3 is 1. The van der Waals surface area contributed by atoms with E-state index in [1.807, 2.05) is 64.9 Å². The number of nitrogens with one attached hydrogen (secondary N) is 1. The van der Waals surface area contributed by atoms with E-state index in [-0.39, 0.29) is 17.2 Å². The van der Waals surface area contributed by atoms with E-state index < -0.39 is 11.9 Å². The molecule has 1 atom stereocenters. The smallest absolute Gasteiger partial charge is 0.274 e. The van der Waals surface area contributed by atoms with E-state index in [0.717, 1.165) is 27.3 Å². The highest BCUT2D eigenvalue weighted by Gasteiger charge is 2.34. The van der Waals surface area contributed by atoms with E-state index in [1.165, 1.54) is 23.5 Å². The molecule has 10 heteroatoms. The third-order valence-corrected chi connectivity index (χ3v) is 9.24. The number of phenolic OH excluding ortho intramolecular Hbond substituents is 1. The summed E-state index contributed by atoms with van der Waals surface area (Å²) < 4.78 is 18.0.